The van der Waals surface area contributed by atoms with Crippen LogP contribution in [0.15, 0.2) is 108 Å². The first-order valence-electron chi connectivity index (χ1n) is 13.4. The third kappa shape index (κ3) is 6.43. The molecular formula is C34H20Cl4N4O3. The zero-order chi connectivity index (χ0) is 31.5. The number of nitrogens with zero attached hydrogens (tertiary/aromatic N) is 2. The maximum absolute atomic E-state index is 13.5. The number of nitrogens with one attached hydrogen (secondary N) is 2. The molecule has 0 aliphatic carbocycles. The zero-order valence-corrected chi connectivity index (χ0v) is 26.0. The van der Waals surface area contributed by atoms with E-state index in [-0.39, 0.29) is 42.8 Å². The Kier molecular flexibility index (Phi) is 8.87. The van der Waals surface area contributed by atoms with E-state index in [4.69, 9.17) is 51.1 Å². The van der Waals surface area contributed by atoms with Gasteiger partial charge in [0.1, 0.15) is 17.3 Å². The van der Waals surface area contributed by atoms with Crippen molar-refractivity contribution < 1.29 is 14.3 Å². The third-order valence-corrected chi connectivity index (χ3v) is 8.53. The molecule has 0 aliphatic heterocycles. The van der Waals surface area contributed by atoms with Gasteiger partial charge < -0.3 is 9.72 Å². The summed E-state index contributed by atoms with van der Waals surface area (Å²) in [5.41, 5.74) is 5.21. The highest BCUT2D eigenvalue weighted by atomic mass is 35.5. The van der Waals surface area contributed by atoms with Crippen LogP contribution < -0.4 is 10.2 Å². The van der Waals surface area contributed by atoms with Crippen molar-refractivity contribution >= 4 is 75.3 Å². The molecule has 0 saturated carbocycles. The molecule has 11 heteroatoms. The summed E-state index contributed by atoms with van der Waals surface area (Å²) in [6.45, 7) is 0. The minimum absolute atomic E-state index is 0.0365. The number of imidazole rings is 1. The summed E-state index contributed by atoms with van der Waals surface area (Å²) < 4.78 is 5.86. The number of ether oxygens (including phenoxy) is 1. The standard InChI is InChI=1S/C34H20Cl4N4O3/c35-28-26(33-40-24-15-14-21(17-25(24)41-33)32(43)20-9-3-1-4-10-20)27(29(36)31(38)30(28)37)34(44)42-39-18-19-8-7-13-23(16-19)45-22-11-5-2-6-12-22/h1-18H,(H,40,41)(H,42,44)/b39-18+. The number of hydrogen-bond acceptors (Lipinski definition) is 5. The van der Waals surface area contributed by atoms with E-state index in [0.29, 0.717) is 39.2 Å². The summed E-state index contributed by atoms with van der Waals surface area (Å²) >= 11 is 25.9. The van der Waals surface area contributed by atoms with Crippen molar-refractivity contribution in [1.29, 1.82) is 0 Å². The van der Waals surface area contributed by atoms with Gasteiger partial charge in [0.05, 0.1) is 48.5 Å². The number of aromatic nitrogens is 2. The number of hydrogen-bond donors (Lipinski definition) is 2. The van der Waals surface area contributed by atoms with Gasteiger partial charge in [0.2, 0.25) is 0 Å². The number of para-hydroxylation sites is 1. The molecule has 0 unspecified atom stereocenters. The average Bonchev–Trinajstić information content (AvgIpc) is 3.49. The van der Waals surface area contributed by atoms with Gasteiger partial charge in [-0.05, 0) is 48.0 Å². The highest BCUT2D eigenvalue weighted by molar-refractivity contribution is 6.54. The first kappa shape index (κ1) is 30.4. The van der Waals surface area contributed by atoms with Crippen molar-refractivity contribution in [3.05, 3.63) is 145 Å². The smallest absolute Gasteiger partial charge is 0.273 e. The quantitative estimate of drug-likeness (QED) is 0.0553. The highest BCUT2D eigenvalue weighted by Gasteiger charge is 2.28. The fraction of sp³-hybridized carbons (Fsp3) is 0. The molecule has 6 rings (SSSR count). The summed E-state index contributed by atoms with van der Waals surface area (Å²) in [6.07, 6.45) is 1.45. The van der Waals surface area contributed by atoms with Gasteiger partial charge in [-0.25, -0.2) is 10.4 Å². The maximum atomic E-state index is 13.5. The second kappa shape index (κ2) is 13.1. The summed E-state index contributed by atoms with van der Waals surface area (Å²) in [4.78, 5) is 34.3. The van der Waals surface area contributed by atoms with Crippen LogP contribution in [0, 0.1) is 0 Å². The SMILES string of the molecule is O=C(c1ccccc1)c1ccc2[nH]c(-c3c(Cl)c(Cl)c(Cl)c(Cl)c3C(=O)N/N=C/c3cccc(Oc4ccccc4)c3)nc2c1. The predicted molar refractivity (Wildman–Crippen MR) is 179 cm³/mol. The largest absolute Gasteiger partial charge is 0.457 e. The van der Waals surface area contributed by atoms with Crippen LogP contribution >= 0.6 is 46.4 Å². The van der Waals surface area contributed by atoms with E-state index in [1.807, 2.05) is 36.4 Å². The molecule has 1 heterocycles. The Bertz CT molecular complexity index is 2100. The number of carbonyl (C=O) groups is 2. The molecule has 0 saturated heterocycles. The fourth-order valence-electron chi connectivity index (χ4n) is 4.59. The number of halogens is 4. The summed E-state index contributed by atoms with van der Waals surface area (Å²) in [6, 6.07) is 30.5. The van der Waals surface area contributed by atoms with Crippen LogP contribution in [0.3, 0.4) is 0 Å². The lowest BCUT2D eigenvalue weighted by Gasteiger charge is -2.14. The topological polar surface area (TPSA) is 96.4 Å². The van der Waals surface area contributed by atoms with Crippen molar-refractivity contribution in [3.63, 3.8) is 0 Å². The molecule has 0 aliphatic rings. The summed E-state index contributed by atoms with van der Waals surface area (Å²) in [5, 5.41) is 3.79. The lowest BCUT2D eigenvalue weighted by atomic mass is 10.0. The monoisotopic (exact) mass is 672 g/mol. The van der Waals surface area contributed by atoms with Crippen LogP contribution in [0.1, 0.15) is 31.8 Å². The van der Waals surface area contributed by atoms with Gasteiger partial charge in [0.25, 0.3) is 5.91 Å². The Morgan fingerprint density at radius 3 is 2.18 bits per heavy atom. The Labute approximate surface area is 277 Å². The highest BCUT2D eigenvalue weighted by Crippen LogP contribution is 2.45. The van der Waals surface area contributed by atoms with Crippen LogP contribution in [0.4, 0.5) is 0 Å². The lowest BCUT2D eigenvalue weighted by molar-refractivity contribution is 0.0955. The van der Waals surface area contributed by atoms with Crippen molar-refractivity contribution in [3.8, 4) is 22.9 Å². The first-order chi connectivity index (χ1) is 21.8. The second-order valence-electron chi connectivity index (χ2n) is 9.71. The van der Waals surface area contributed by atoms with Gasteiger partial charge in [-0.15, -0.1) is 0 Å². The van der Waals surface area contributed by atoms with Crippen LogP contribution in [-0.4, -0.2) is 27.9 Å². The second-order valence-corrected chi connectivity index (χ2v) is 11.2. The van der Waals surface area contributed by atoms with E-state index in [2.05, 4.69) is 20.5 Å². The van der Waals surface area contributed by atoms with E-state index in [1.54, 1.807) is 66.7 Å². The number of carbonyl (C=O) groups excluding carboxylic acids is 2. The van der Waals surface area contributed by atoms with Crippen LogP contribution in [0.2, 0.25) is 20.1 Å². The Morgan fingerprint density at radius 1 is 0.733 bits per heavy atom. The number of fused-ring (bicyclic) bond motifs is 1. The van der Waals surface area contributed by atoms with Crippen molar-refractivity contribution in [1.82, 2.24) is 15.4 Å². The fourth-order valence-corrected chi connectivity index (χ4v) is 5.62. The molecule has 0 bridgehead atoms. The number of ketones is 1. The molecule has 5 aromatic carbocycles. The molecule has 0 spiro atoms. The molecular weight excluding hydrogens is 654 g/mol. The first-order valence-corrected chi connectivity index (χ1v) is 14.9. The Morgan fingerprint density at radius 2 is 1.42 bits per heavy atom. The van der Waals surface area contributed by atoms with Crippen molar-refractivity contribution in [2.75, 3.05) is 0 Å². The van der Waals surface area contributed by atoms with Gasteiger partial charge in [0.15, 0.2) is 5.78 Å². The number of benzene rings is 5. The van der Waals surface area contributed by atoms with Crippen molar-refractivity contribution in [2.45, 2.75) is 0 Å². The van der Waals surface area contributed by atoms with Gasteiger partial charge in [0, 0.05) is 11.1 Å². The molecule has 0 radical (unpaired) electrons. The summed E-state index contributed by atoms with van der Waals surface area (Å²) in [7, 11) is 0. The molecule has 6 aromatic rings. The molecule has 222 valence electrons. The number of aromatic amines is 1. The van der Waals surface area contributed by atoms with E-state index in [9.17, 15) is 9.59 Å². The van der Waals surface area contributed by atoms with E-state index in [0.717, 1.165) is 0 Å². The van der Waals surface area contributed by atoms with E-state index < -0.39 is 5.91 Å². The lowest BCUT2D eigenvalue weighted by Crippen LogP contribution is -2.20. The van der Waals surface area contributed by atoms with Gasteiger partial charge in [-0.3, -0.25) is 9.59 Å². The molecule has 2 N–H and O–H groups in total. The average molecular weight is 674 g/mol. The number of amides is 1. The minimum atomic E-state index is -0.705. The van der Waals surface area contributed by atoms with Gasteiger partial charge in [-0.2, -0.15) is 5.10 Å². The summed E-state index contributed by atoms with van der Waals surface area (Å²) in [5.74, 6) is 0.607. The molecule has 1 amide bonds. The van der Waals surface area contributed by atoms with Crippen LogP contribution in [0.25, 0.3) is 22.4 Å². The van der Waals surface area contributed by atoms with Gasteiger partial charge in [-0.1, -0.05) is 107 Å². The molecule has 0 atom stereocenters. The zero-order valence-electron chi connectivity index (χ0n) is 23.0. The number of rotatable bonds is 8. The van der Waals surface area contributed by atoms with Crippen LogP contribution in [-0.2, 0) is 0 Å². The van der Waals surface area contributed by atoms with E-state index in [1.165, 1.54) is 6.21 Å². The normalized spacial score (nSPS) is 11.2. The Balaban J connectivity index is 1.30. The van der Waals surface area contributed by atoms with Crippen LogP contribution in [0.5, 0.6) is 11.5 Å². The number of hydrazone groups is 1. The maximum Gasteiger partial charge on any atom is 0.273 e. The van der Waals surface area contributed by atoms with Gasteiger partial charge >= 0.3 is 0 Å². The third-order valence-electron chi connectivity index (χ3n) is 6.73. The molecule has 0 fully saturated rings. The molecule has 1 aromatic heterocycles. The van der Waals surface area contributed by atoms with Crippen molar-refractivity contribution in [2.24, 2.45) is 5.10 Å². The predicted octanol–water partition coefficient (Wildman–Crippen LogP) is 9.63. The molecule has 45 heavy (non-hydrogen) atoms. The number of H-pyrrole nitrogens is 1. The minimum Gasteiger partial charge on any atom is -0.457 e. The molecule has 7 nitrogen and oxygen atoms in total. The van der Waals surface area contributed by atoms with E-state index >= 15 is 0 Å². The Hall–Kier alpha value is -4.66.